The highest BCUT2D eigenvalue weighted by Crippen LogP contribution is 2.51. The second kappa shape index (κ2) is 27.0. The van der Waals surface area contributed by atoms with Crippen molar-refractivity contribution in [2.24, 2.45) is 5.41 Å². The number of carbonyl (C=O) groups excluding carboxylic acids is 3. The van der Waals surface area contributed by atoms with Gasteiger partial charge in [0.25, 0.3) is 14.4 Å². The fraction of sp³-hybridized carbons (Fsp3) is 0.683. The van der Waals surface area contributed by atoms with Crippen LogP contribution in [0, 0.1) is 16.7 Å². The van der Waals surface area contributed by atoms with Gasteiger partial charge in [-0.25, -0.2) is 9.46 Å². The average Bonchev–Trinajstić information content (AvgIpc) is 3.18. The van der Waals surface area contributed by atoms with Gasteiger partial charge in [0.15, 0.2) is 0 Å². The lowest BCUT2D eigenvalue weighted by Gasteiger charge is -2.35. The van der Waals surface area contributed by atoms with E-state index >= 15 is 0 Å². The number of ether oxygens (including phenoxy) is 1. The van der Waals surface area contributed by atoms with Gasteiger partial charge in [-0.1, -0.05) is 12.8 Å². The standard InChI is InChI=1S/C41H64F3N5O11P2/c1-29(2)49(30(3)4)61(56-23-17-18-45)55-22-14-10-9-11-20-47-36(50)32-26-31-27-35(34(28-33(31)59-37(32)51)60-39(53)40(5,6)7)62(54,57-24-15-12-19-46-8)58-25-16-13-21-48-38(52)41(42,43)44/h26-30,46H,9-17,19-25H2,1-8H3,(H,47,50)(H,48,52). The summed E-state index contributed by atoms with van der Waals surface area (Å²) in [5.74, 6) is -3.79. The highest BCUT2D eigenvalue weighted by molar-refractivity contribution is 7.62. The molecule has 0 bridgehead atoms. The number of nitrogens with one attached hydrogen (secondary N) is 3. The van der Waals surface area contributed by atoms with E-state index in [1.54, 1.807) is 33.1 Å². The van der Waals surface area contributed by atoms with E-state index in [1.165, 1.54) is 18.2 Å². The third kappa shape index (κ3) is 18.7. The van der Waals surface area contributed by atoms with Gasteiger partial charge in [0.2, 0.25) is 0 Å². The van der Waals surface area contributed by atoms with Crippen molar-refractivity contribution in [2.75, 3.05) is 53.1 Å². The summed E-state index contributed by atoms with van der Waals surface area (Å²) in [5, 5.41) is 16.4. The molecule has 0 aliphatic carbocycles. The number of alkyl halides is 3. The molecule has 21 heteroatoms. The van der Waals surface area contributed by atoms with Crippen LogP contribution in [0.25, 0.3) is 11.0 Å². The molecule has 0 aliphatic heterocycles. The highest BCUT2D eigenvalue weighted by atomic mass is 31.2. The van der Waals surface area contributed by atoms with Crippen LogP contribution in [-0.4, -0.2) is 93.8 Å². The van der Waals surface area contributed by atoms with E-state index in [4.69, 9.17) is 32.5 Å². The van der Waals surface area contributed by atoms with E-state index in [-0.39, 0.29) is 91.8 Å². The van der Waals surface area contributed by atoms with Crippen LogP contribution < -0.4 is 31.6 Å². The third-order valence-electron chi connectivity index (χ3n) is 8.85. The minimum Gasteiger partial charge on any atom is -0.425 e. The summed E-state index contributed by atoms with van der Waals surface area (Å²) < 4.78 is 89.5. The molecular weight excluding hydrogens is 857 g/mol. The quantitative estimate of drug-likeness (QED) is 0.0236. The van der Waals surface area contributed by atoms with Crippen LogP contribution in [-0.2, 0) is 32.2 Å². The second-order valence-electron chi connectivity index (χ2n) is 15.9. The van der Waals surface area contributed by atoms with Gasteiger partial charge in [-0.15, -0.1) is 0 Å². The number of rotatable bonds is 29. The number of benzene rings is 1. The number of unbranched alkanes of at least 4 members (excludes halogenated alkanes) is 5. The lowest BCUT2D eigenvalue weighted by Crippen LogP contribution is -2.37. The van der Waals surface area contributed by atoms with E-state index < -0.39 is 51.1 Å². The van der Waals surface area contributed by atoms with Crippen molar-refractivity contribution in [3.05, 3.63) is 34.2 Å². The first-order valence-corrected chi connectivity index (χ1v) is 23.6. The van der Waals surface area contributed by atoms with Gasteiger partial charge in [0.05, 0.1) is 44.3 Å². The van der Waals surface area contributed by atoms with Crippen molar-refractivity contribution in [2.45, 2.75) is 125 Å². The maximum Gasteiger partial charge on any atom is 0.471 e. The minimum atomic E-state index is -5.04. The predicted octanol–water partition coefficient (Wildman–Crippen LogP) is 7.64. The first kappa shape index (κ1) is 54.7. The van der Waals surface area contributed by atoms with Crippen LogP contribution in [0.3, 0.4) is 0 Å². The number of hydrogen-bond acceptors (Lipinski definition) is 14. The number of amides is 2. The second-order valence-corrected chi connectivity index (χ2v) is 19.4. The maximum atomic E-state index is 14.7. The van der Waals surface area contributed by atoms with Crippen LogP contribution in [0.4, 0.5) is 13.2 Å². The van der Waals surface area contributed by atoms with Crippen LogP contribution >= 0.6 is 16.1 Å². The summed E-state index contributed by atoms with van der Waals surface area (Å²) in [6.45, 7) is 14.1. The topological polar surface area (TPSA) is 208 Å². The number of halogens is 3. The molecule has 0 spiro atoms. The Balaban J connectivity index is 2.25. The zero-order chi connectivity index (χ0) is 46.5. The fourth-order valence-electron chi connectivity index (χ4n) is 5.66. The molecule has 3 N–H and O–H groups in total. The van der Waals surface area contributed by atoms with E-state index in [2.05, 4.69) is 49.1 Å². The molecule has 2 rings (SSSR count). The van der Waals surface area contributed by atoms with Crippen LogP contribution in [0.15, 0.2) is 27.4 Å². The fourth-order valence-corrected chi connectivity index (χ4v) is 9.05. The SMILES string of the molecule is CNCCCCOP(=O)(OCCCCNC(=O)C(F)(F)F)c1cc2cc(C(=O)NCCCCCCOP(OCCC#N)N(C(C)C)C(C)C)c(=O)oc2cc1OC(=O)C(C)(C)C. The van der Waals surface area contributed by atoms with Gasteiger partial charge < -0.3 is 43.2 Å². The molecule has 1 aromatic carbocycles. The molecule has 2 aromatic rings. The van der Waals surface area contributed by atoms with E-state index in [0.717, 1.165) is 19.3 Å². The molecule has 0 radical (unpaired) electrons. The van der Waals surface area contributed by atoms with Gasteiger partial charge in [0, 0.05) is 36.6 Å². The summed E-state index contributed by atoms with van der Waals surface area (Å²) in [4.78, 5) is 50.7. The molecule has 1 heterocycles. The summed E-state index contributed by atoms with van der Waals surface area (Å²) in [5.41, 5.74) is -2.40. The monoisotopic (exact) mass is 921 g/mol. The lowest BCUT2D eigenvalue weighted by molar-refractivity contribution is -0.173. The van der Waals surface area contributed by atoms with Crippen molar-refractivity contribution in [3.8, 4) is 11.8 Å². The minimum absolute atomic E-state index is 0.0445. The molecule has 0 aliphatic rings. The van der Waals surface area contributed by atoms with Crippen molar-refractivity contribution in [1.29, 1.82) is 5.26 Å². The molecule has 350 valence electrons. The van der Waals surface area contributed by atoms with Crippen LogP contribution in [0.2, 0.25) is 0 Å². The van der Waals surface area contributed by atoms with Crippen molar-refractivity contribution >= 4 is 50.2 Å². The Morgan fingerprint density at radius 1 is 0.839 bits per heavy atom. The maximum absolute atomic E-state index is 14.7. The van der Waals surface area contributed by atoms with Crippen LogP contribution in [0.1, 0.15) is 117 Å². The zero-order valence-electron chi connectivity index (χ0n) is 37.1. The number of nitriles is 1. The molecule has 0 saturated heterocycles. The zero-order valence-corrected chi connectivity index (χ0v) is 38.9. The molecule has 62 heavy (non-hydrogen) atoms. The Hall–Kier alpha value is -3.46. The first-order valence-electron chi connectivity index (χ1n) is 20.9. The van der Waals surface area contributed by atoms with Gasteiger partial charge in [-0.05, 0) is 113 Å². The Bertz CT molecular complexity index is 1880. The highest BCUT2D eigenvalue weighted by Gasteiger charge is 2.38. The van der Waals surface area contributed by atoms with Crippen molar-refractivity contribution < 1.29 is 59.4 Å². The Morgan fingerprint density at radius 3 is 1.98 bits per heavy atom. The Morgan fingerprint density at radius 2 is 1.40 bits per heavy atom. The van der Waals surface area contributed by atoms with Crippen molar-refractivity contribution in [3.63, 3.8) is 0 Å². The number of carbonyl (C=O) groups is 3. The third-order valence-corrected chi connectivity index (χ3v) is 12.9. The van der Waals surface area contributed by atoms with Gasteiger partial charge in [-0.2, -0.15) is 18.4 Å². The van der Waals surface area contributed by atoms with Crippen molar-refractivity contribution in [1.82, 2.24) is 20.6 Å². The largest absolute Gasteiger partial charge is 0.471 e. The summed E-state index contributed by atoms with van der Waals surface area (Å²) >= 11 is 0. The number of fused-ring (bicyclic) bond motifs is 1. The molecule has 2 unspecified atom stereocenters. The number of nitrogens with zero attached hydrogens (tertiary/aromatic N) is 2. The summed E-state index contributed by atoms with van der Waals surface area (Å²) in [6.07, 6.45) is -0.642. The Labute approximate surface area is 363 Å². The average molecular weight is 922 g/mol. The van der Waals surface area contributed by atoms with Gasteiger partial charge in [0.1, 0.15) is 22.2 Å². The first-order chi connectivity index (χ1) is 29.2. The summed E-state index contributed by atoms with van der Waals surface area (Å²) in [7, 11) is -3.96. The molecule has 0 fully saturated rings. The molecule has 2 atom stereocenters. The lowest BCUT2D eigenvalue weighted by atomic mass is 9.97. The molecular formula is C41H64F3N5O11P2. The molecule has 2 amide bonds. The van der Waals surface area contributed by atoms with E-state index in [0.29, 0.717) is 32.4 Å². The van der Waals surface area contributed by atoms with E-state index in [9.17, 15) is 36.9 Å². The molecule has 0 saturated carbocycles. The van der Waals surface area contributed by atoms with Gasteiger partial charge in [-0.3, -0.25) is 18.9 Å². The smallest absolute Gasteiger partial charge is 0.425 e. The Kier molecular flexibility index (Phi) is 23.8. The normalized spacial score (nSPS) is 13.6. The predicted molar refractivity (Wildman–Crippen MR) is 230 cm³/mol. The number of esters is 1. The van der Waals surface area contributed by atoms with Crippen LogP contribution in [0.5, 0.6) is 5.75 Å². The van der Waals surface area contributed by atoms with Gasteiger partial charge >= 0.3 is 31.3 Å². The molecule has 16 nitrogen and oxygen atoms in total. The molecule has 1 aromatic heterocycles. The van der Waals surface area contributed by atoms with E-state index in [1.807, 2.05) is 0 Å². The number of hydrogen-bond donors (Lipinski definition) is 3. The summed E-state index contributed by atoms with van der Waals surface area (Å²) in [6, 6.07) is 6.21.